The second-order valence-corrected chi connectivity index (χ2v) is 9.35. The van der Waals surface area contributed by atoms with Crippen LogP contribution in [0.3, 0.4) is 0 Å². The van der Waals surface area contributed by atoms with Crippen molar-refractivity contribution in [2.45, 2.75) is 63.4 Å². The number of rotatable bonds is 4. The molecule has 1 aliphatic carbocycles. The van der Waals surface area contributed by atoms with Crippen molar-refractivity contribution in [1.82, 2.24) is 5.32 Å². The van der Waals surface area contributed by atoms with E-state index < -0.39 is 26.7 Å². The van der Waals surface area contributed by atoms with E-state index in [9.17, 15) is 21.6 Å². The molecule has 20 heavy (non-hydrogen) atoms. The molecule has 2 unspecified atom stereocenters. The first-order valence-corrected chi connectivity index (χ1v) is 8.61. The third-order valence-corrected chi connectivity index (χ3v) is 6.48. The van der Waals surface area contributed by atoms with Gasteiger partial charge in [-0.05, 0) is 40.0 Å². The molecule has 120 valence electrons. The quantitative estimate of drug-likeness (QED) is 0.867. The predicted molar refractivity (Wildman–Crippen MR) is 73.3 cm³/mol. The van der Waals surface area contributed by atoms with Crippen LogP contribution in [0.5, 0.6) is 0 Å². The van der Waals surface area contributed by atoms with Gasteiger partial charge in [-0.2, -0.15) is 13.2 Å². The molecule has 0 spiro atoms. The lowest BCUT2D eigenvalue weighted by atomic mass is 9.85. The van der Waals surface area contributed by atoms with Gasteiger partial charge in [-0.15, -0.1) is 0 Å². The Labute approximate surface area is 119 Å². The van der Waals surface area contributed by atoms with E-state index in [4.69, 9.17) is 0 Å². The Hall–Kier alpha value is -0.300. The van der Waals surface area contributed by atoms with E-state index >= 15 is 0 Å². The zero-order valence-electron chi connectivity index (χ0n) is 12.3. The summed E-state index contributed by atoms with van der Waals surface area (Å²) in [6, 6.07) is -0.231. The van der Waals surface area contributed by atoms with Crippen LogP contribution < -0.4 is 5.32 Å². The van der Waals surface area contributed by atoms with Crippen LogP contribution >= 0.6 is 0 Å². The minimum Gasteiger partial charge on any atom is -0.313 e. The lowest BCUT2D eigenvalue weighted by Crippen LogP contribution is -2.42. The van der Waals surface area contributed by atoms with Crippen LogP contribution in [0.15, 0.2) is 0 Å². The van der Waals surface area contributed by atoms with Gasteiger partial charge in [0.15, 0.2) is 9.84 Å². The number of alkyl halides is 3. The van der Waals surface area contributed by atoms with Gasteiger partial charge in [0.25, 0.3) is 0 Å². The van der Waals surface area contributed by atoms with Crippen LogP contribution in [0.1, 0.15) is 46.5 Å². The Balaban J connectivity index is 2.43. The highest BCUT2D eigenvalue weighted by Gasteiger charge is 2.42. The van der Waals surface area contributed by atoms with E-state index in [1.165, 1.54) is 0 Å². The highest BCUT2D eigenvalue weighted by molar-refractivity contribution is 7.92. The summed E-state index contributed by atoms with van der Waals surface area (Å²) >= 11 is 0. The van der Waals surface area contributed by atoms with Gasteiger partial charge >= 0.3 is 6.18 Å². The van der Waals surface area contributed by atoms with Crippen LogP contribution in [0.4, 0.5) is 13.2 Å². The Morgan fingerprint density at radius 3 is 2.25 bits per heavy atom. The summed E-state index contributed by atoms with van der Waals surface area (Å²) in [7, 11) is -3.23. The molecule has 1 saturated carbocycles. The first kappa shape index (κ1) is 17.8. The largest absolute Gasteiger partial charge is 0.391 e. The van der Waals surface area contributed by atoms with Gasteiger partial charge in [-0.3, -0.25) is 0 Å². The van der Waals surface area contributed by atoms with Crippen LogP contribution in [0.2, 0.25) is 0 Å². The molecule has 1 N–H and O–H groups in total. The summed E-state index contributed by atoms with van der Waals surface area (Å²) in [5.41, 5.74) is 0. The topological polar surface area (TPSA) is 46.2 Å². The van der Waals surface area contributed by atoms with Crippen LogP contribution in [-0.2, 0) is 9.84 Å². The molecule has 1 aliphatic rings. The van der Waals surface area contributed by atoms with Gasteiger partial charge in [-0.25, -0.2) is 8.42 Å². The lowest BCUT2D eigenvalue weighted by Gasteiger charge is -2.31. The van der Waals surface area contributed by atoms with E-state index in [0.29, 0.717) is 12.8 Å². The molecular weight excluding hydrogens is 291 g/mol. The van der Waals surface area contributed by atoms with Crippen molar-refractivity contribution in [1.29, 1.82) is 0 Å². The van der Waals surface area contributed by atoms with Gasteiger partial charge < -0.3 is 5.32 Å². The Morgan fingerprint density at radius 2 is 1.75 bits per heavy atom. The molecule has 0 bridgehead atoms. The summed E-state index contributed by atoms with van der Waals surface area (Å²) in [6.45, 7) is 5.10. The molecule has 0 aromatic heterocycles. The van der Waals surface area contributed by atoms with E-state index in [1.54, 1.807) is 20.8 Å². The average molecular weight is 315 g/mol. The van der Waals surface area contributed by atoms with Crippen molar-refractivity contribution in [3.8, 4) is 0 Å². The van der Waals surface area contributed by atoms with Gasteiger partial charge in [0.1, 0.15) is 0 Å². The monoisotopic (exact) mass is 315 g/mol. The lowest BCUT2D eigenvalue weighted by molar-refractivity contribution is -0.183. The zero-order chi connectivity index (χ0) is 15.6. The van der Waals surface area contributed by atoms with Gasteiger partial charge in [0, 0.05) is 12.6 Å². The molecular formula is C13H24F3NO2S. The third kappa shape index (κ3) is 4.91. The van der Waals surface area contributed by atoms with E-state index in [1.807, 2.05) is 0 Å². The second kappa shape index (κ2) is 6.22. The van der Waals surface area contributed by atoms with E-state index in [2.05, 4.69) is 5.32 Å². The van der Waals surface area contributed by atoms with Crippen LogP contribution in [0.25, 0.3) is 0 Å². The molecule has 0 aromatic carbocycles. The molecule has 0 aliphatic heterocycles. The molecule has 0 saturated heterocycles. The molecule has 7 heteroatoms. The Morgan fingerprint density at radius 1 is 1.15 bits per heavy atom. The molecule has 0 heterocycles. The minimum atomic E-state index is -4.14. The maximum atomic E-state index is 12.7. The van der Waals surface area contributed by atoms with Crippen molar-refractivity contribution in [3.63, 3.8) is 0 Å². The Bertz CT molecular complexity index is 412. The van der Waals surface area contributed by atoms with E-state index in [-0.39, 0.29) is 31.2 Å². The number of sulfone groups is 1. The zero-order valence-corrected chi connectivity index (χ0v) is 13.1. The molecule has 3 nitrogen and oxygen atoms in total. The summed E-state index contributed by atoms with van der Waals surface area (Å²) in [4.78, 5) is 0. The number of hydrogen-bond acceptors (Lipinski definition) is 3. The van der Waals surface area contributed by atoms with Gasteiger partial charge in [0.2, 0.25) is 0 Å². The SMILES string of the molecule is CC(C)(C)S(=O)(=O)CCNC1CCCC(C(F)(F)F)C1. The third-order valence-electron chi connectivity index (χ3n) is 3.87. The smallest absolute Gasteiger partial charge is 0.313 e. The predicted octanol–water partition coefficient (Wildman–Crippen LogP) is 2.91. The average Bonchev–Trinajstić information content (AvgIpc) is 2.26. The van der Waals surface area contributed by atoms with Gasteiger partial charge in [-0.1, -0.05) is 6.42 Å². The molecule has 0 amide bonds. The molecule has 1 rings (SSSR count). The standard InChI is InChI=1S/C13H24F3NO2S/c1-12(2,3)20(18,19)8-7-17-11-6-4-5-10(9-11)13(14,15)16/h10-11,17H,4-9H2,1-3H3. The highest BCUT2D eigenvalue weighted by atomic mass is 32.2. The van der Waals surface area contributed by atoms with Crippen molar-refractivity contribution in [2.75, 3.05) is 12.3 Å². The normalized spacial score (nSPS) is 25.7. The summed E-state index contributed by atoms with van der Waals surface area (Å²) in [5, 5.41) is 2.97. The van der Waals surface area contributed by atoms with Crippen molar-refractivity contribution in [2.24, 2.45) is 5.92 Å². The summed E-state index contributed by atoms with van der Waals surface area (Å²) < 4.78 is 60.9. The maximum Gasteiger partial charge on any atom is 0.391 e. The van der Waals surface area contributed by atoms with Crippen molar-refractivity contribution in [3.05, 3.63) is 0 Å². The van der Waals surface area contributed by atoms with Crippen molar-refractivity contribution < 1.29 is 21.6 Å². The fourth-order valence-corrected chi connectivity index (χ4v) is 3.38. The molecule has 0 radical (unpaired) electrons. The summed E-state index contributed by atoms with van der Waals surface area (Å²) in [5.74, 6) is -1.29. The van der Waals surface area contributed by atoms with E-state index in [0.717, 1.165) is 0 Å². The summed E-state index contributed by atoms with van der Waals surface area (Å²) in [6.07, 6.45) is -2.69. The van der Waals surface area contributed by atoms with Crippen LogP contribution in [-0.4, -0.2) is 37.7 Å². The number of nitrogens with one attached hydrogen (secondary N) is 1. The minimum absolute atomic E-state index is 0.0380. The van der Waals surface area contributed by atoms with Crippen molar-refractivity contribution >= 4 is 9.84 Å². The highest BCUT2D eigenvalue weighted by Crippen LogP contribution is 2.37. The second-order valence-electron chi connectivity index (χ2n) is 6.49. The number of hydrogen-bond donors (Lipinski definition) is 1. The molecule has 2 atom stereocenters. The van der Waals surface area contributed by atoms with Gasteiger partial charge in [0.05, 0.1) is 16.4 Å². The fraction of sp³-hybridized carbons (Fsp3) is 1.00. The molecule has 0 aromatic rings. The van der Waals surface area contributed by atoms with Crippen LogP contribution in [0, 0.1) is 5.92 Å². The fourth-order valence-electron chi connectivity index (χ4n) is 2.38. The Kier molecular flexibility index (Phi) is 5.52. The first-order valence-electron chi connectivity index (χ1n) is 6.96. The first-order chi connectivity index (χ1) is 8.93. The maximum absolute atomic E-state index is 12.7. The molecule has 1 fully saturated rings. The number of halogens is 3.